The molecule has 1 aliphatic rings. The molecule has 2 amide bonds. The Kier molecular flexibility index (Phi) is 2.13. The van der Waals surface area contributed by atoms with Gasteiger partial charge in [0.05, 0.1) is 5.92 Å². The lowest BCUT2D eigenvalue weighted by Crippen LogP contribution is -2.68. The molecule has 4 nitrogen and oxygen atoms in total. The van der Waals surface area contributed by atoms with Gasteiger partial charge in [0.1, 0.15) is 0 Å². The predicted octanol–water partition coefficient (Wildman–Crippen LogP) is -0.611. The number of hydrogen-bond acceptors (Lipinski definition) is 2. The SMILES string of the molecule is [B]C(=O)NC[C@H]1C(=O)NC1(C)C. The maximum atomic E-state index is 11.0. The third-order valence-corrected chi connectivity index (χ3v) is 2.11. The van der Waals surface area contributed by atoms with Crippen molar-refractivity contribution in [1.82, 2.24) is 10.6 Å². The molecule has 12 heavy (non-hydrogen) atoms. The first-order valence-corrected chi connectivity index (χ1v) is 3.79. The summed E-state index contributed by atoms with van der Waals surface area (Å²) in [4.78, 5) is 21.3. The maximum absolute atomic E-state index is 11.0. The number of hydrogen-bond donors (Lipinski definition) is 2. The van der Waals surface area contributed by atoms with Crippen LogP contribution in [0.15, 0.2) is 0 Å². The van der Waals surface area contributed by atoms with E-state index < -0.39 is 5.81 Å². The van der Waals surface area contributed by atoms with Crippen LogP contribution in [0, 0.1) is 5.92 Å². The van der Waals surface area contributed by atoms with Gasteiger partial charge in [0.15, 0.2) is 13.7 Å². The average molecular weight is 166 g/mol. The number of carbonyl (C=O) groups excluding carboxylic acids is 2. The summed E-state index contributed by atoms with van der Waals surface area (Å²) in [6.45, 7) is 4.12. The first kappa shape index (κ1) is 9.10. The Hall–Kier alpha value is -0.995. The van der Waals surface area contributed by atoms with Crippen molar-refractivity contribution >= 4 is 19.6 Å². The molecule has 0 aliphatic carbocycles. The van der Waals surface area contributed by atoms with E-state index in [9.17, 15) is 9.59 Å². The van der Waals surface area contributed by atoms with Gasteiger partial charge >= 0.3 is 0 Å². The van der Waals surface area contributed by atoms with Crippen molar-refractivity contribution in [3.05, 3.63) is 0 Å². The molecule has 64 valence electrons. The van der Waals surface area contributed by atoms with Gasteiger partial charge < -0.3 is 10.6 Å². The number of rotatable bonds is 2. The second kappa shape index (κ2) is 2.81. The average Bonchev–Trinajstić information content (AvgIpc) is 1.84. The lowest BCUT2D eigenvalue weighted by atomic mass is 9.78. The molecule has 0 unspecified atom stereocenters. The van der Waals surface area contributed by atoms with Crippen molar-refractivity contribution < 1.29 is 9.59 Å². The summed E-state index contributed by atoms with van der Waals surface area (Å²) in [5, 5.41) is 5.14. The van der Waals surface area contributed by atoms with Crippen molar-refractivity contribution in [2.45, 2.75) is 19.4 Å². The monoisotopic (exact) mass is 166 g/mol. The summed E-state index contributed by atoms with van der Waals surface area (Å²) in [5.74, 6) is -0.788. The number of nitrogens with one attached hydrogen (secondary N) is 2. The lowest BCUT2D eigenvalue weighted by molar-refractivity contribution is -0.139. The van der Waals surface area contributed by atoms with Crippen LogP contribution in [-0.2, 0) is 4.79 Å². The third kappa shape index (κ3) is 1.60. The molecule has 0 bridgehead atoms. The highest BCUT2D eigenvalue weighted by molar-refractivity contribution is 6.57. The summed E-state index contributed by atoms with van der Waals surface area (Å²) in [6, 6.07) is 0. The molecule has 2 radical (unpaired) electrons. The second-order valence-corrected chi connectivity index (χ2v) is 3.51. The fourth-order valence-corrected chi connectivity index (χ4v) is 1.29. The highest BCUT2D eigenvalue weighted by Crippen LogP contribution is 2.25. The summed E-state index contributed by atoms with van der Waals surface area (Å²) < 4.78 is 0. The van der Waals surface area contributed by atoms with E-state index in [0.717, 1.165) is 0 Å². The van der Waals surface area contributed by atoms with Crippen LogP contribution in [-0.4, -0.2) is 31.6 Å². The molecule has 5 heteroatoms. The van der Waals surface area contributed by atoms with Crippen LogP contribution in [0.1, 0.15) is 13.8 Å². The van der Waals surface area contributed by atoms with E-state index in [0.29, 0.717) is 6.54 Å². The molecule has 1 fully saturated rings. The summed E-state index contributed by atoms with van der Waals surface area (Å²) in [6.07, 6.45) is 0. The molecule has 1 rings (SSSR count). The van der Waals surface area contributed by atoms with E-state index >= 15 is 0 Å². The molecule has 0 spiro atoms. The van der Waals surface area contributed by atoms with Gasteiger partial charge in [-0.15, -0.1) is 0 Å². The van der Waals surface area contributed by atoms with Crippen LogP contribution in [0.4, 0.5) is 4.79 Å². The van der Waals surface area contributed by atoms with E-state index in [2.05, 4.69) is 10.6 Å². The van der Waals surface area contributed by atoms with Gasteiger partial charge in [-0.3, -0.25) is 9.59 Å². The quantitative estimate of drug-likeness (QED) is 0.424. The molecule has 2 N–H and O–H groups in total. The normalized spacial score (nSPS) is 25.5. The molecule has 1 heterocycles. The van der Waals surface area contributed by atoms with Crippen LogP contribution in [0.5, 0.6) is 0 Å². The number of amides is 2. The molecule has 0 aromatic carbocycles. The van der Waals surface area contributed by atoms with Gasteiger partial charge in [-0.05, 0) is 13.8 Å². The Labute approximate surface area is 72.5 Å². The molecule has 1 atom stereocenters. The van der Waals surface area contributed by atoms with Crippen LogP contribution >= 0.6 is 0 Å². The molecule has 1 saturated heterocycles. The van der Waals surface area contributed by atoms with E-state index in [1.54, 1.807) is 0 Å². The van der Waals surface area contributed by atoms with Crippen LogP contribution < -0.4 is 10.6 Å². The lowest BCUT2D eigenvalue weighted by Gasteiger charge is -2.44. The van der Waals surface area contributed by atoms with Gasteiger partial charge in [-0.25, -0.2) is 0 Å². The standard InChI is InChI=1S/C7H11BN2O2/c1-7(2)4(5(11)10-7)3-9-6(8)12/h4H,3H2,1-2H3,(H,9,12)(H,10,11)/t4-/m0/s1. The van der Waals surface area contributed by atoms with Crippen molar-refractivity contribution in [2.24, 2.45) is 5.92 Å². The zero-order chi connectivity index (χ0) is 9.35. The largest absolute Gasteiger partial charge is 0.365 e. The Balaban J connectivity index is 2.41. The molecular weight excluding hydrogens is 155 g/mol. The molecule has 0 saturated carbocycles. The fourth-order valence-electron chi connectivity index (χ4n) is 1.29. The van der Waals surface area contributed by atoms with Crippen LogP contribution in [0.3, 0.4) is 0 Å². The van der Waals surface area contributed by atoms with Crippen molar-refractivity contribution in [3.63, 3.8) is 0 Å². The Bertz CT molecular complexity index is 227. The van der Waals surface area contributed by atoms with E-state index in [-0.39, 0.29) is 17.4 Å². The van der Waals surface area contributed by atoms with Crippen molar-refractivity contribution in [1.29, 1.82) is 0 Å². The van der Waals surface area contributed by atoms with Crippen LogP contribution in [0.2, 0.25) is 0 Å². The van der Waals surface area contributed by atoms with Crippen molar-refractivity contribution in [3.8, 4) is 0 Å². The number of β-lactam (4-membered cyclic amide) rings is 1. The molecule has 1 aliphatic heterocycles. The van der Waals surface area contributed by atoms with E-state index in [1.165, 1.54) is 0 Å². The minimum atomic E-state index is -0.592. The van der Waals surface area contributed by atoms with Gasteiger partial charge in [-0.1, -0.05) is 0 Å². The summed E-state index contributed by atoms with van der Waals surface area (Å²) >= 11 is 0. The zero-order valence-corrected chi connectivity index (χ0v) is 7.18. The first-order chi connectivity index (χ1) is 5.43. The topological polar surface area (TPSA) is 58.2 Å². The van der Waals surface area contributed by atoms with Crippen molar-refractivity contribution in [2.75, 3.05) is 6.54 Å². The van der Waals surface area contributed by atoms with Crippen LogP contribution in [0.25, 0.3) is 0 Å². The van der Waals surface area contributed by atoms with E-state index in [4.69, 9.17) is 7.85 Å². The highest BCUT2D eigenvalue weighted by atomic mass is 16.2. The van der Waals surface area contributed by atoms with Gasteiger partial charge in [0, 0.05) is 12.1 Å². The minimum Gasteiger partial charge on any atom is -0.365 e. The van der Waals surface area contributed by atoms with Gasteiger partial charge in [-0.2, -0.15) is 0 Å². The van der Waals surface area contributed by atoms with Gasteiger partial charge in [0.2, 0.25) is 5.91 Å². The smallest absolute Gasteiger partial charge is 0.227 e. The summed E-state index contributed by atoms with van der Waals surface area (Å²) in [7, 11) is 4.87. The maximum Gasteiger partial charge on any atom is 0.227 e. The third-order valence-electron chi connectivity index (χ3n) is 2.11. The second-order valence-electron chi connectivity index (χ2n) is 3.51. The minimum absolute atomic E-state index is 0.0336. The van der Waals surface area contributed by atoms with Gasteiger partial charge in [0.25, 0.3) is 0 Å². The fraction of sp³-hybridized carbons (Fsp3) is 0.714. The molecule has 0 aromatic rings. The predicted molar refractivity (Wildman–Crippen MR) is 44.9 cm³/mol. The first-order valence-electron chi connectivity index (χ1n) is 3.79. The zero-order valence-electron chi connectivity index (χ0n) is 7.18. The van der Waals surface area contributed by atoms with E-state index in [1.807, 2.05) is 13.8 Å². The molecular formula is C7H11BN2O2. The Morgan fingerprint density at radius 1 is 1.75 bits per heavy atom. The highest BCUT2D eigenvalue weighted by Gasteiger charge is 2.45. The summed E-state index contributed by atoms with van der Waals surface area (Å²) in [5.41, 5.74) is -0.223. The molecule has 0 aromatic heterocycles. The Morgan fingerprint density at radius 2 is 2.33 bits per heavy atom. The Morgan fingerprint density at radius 3 is 2.67 bits per heavy atom. The number of carbonyl (C=O) groups is 2.